The summed E-state index contributed by atoms with van der Waals surface area (Å²) in [6.45, 7) is 0.146. The molecule has 0 aliphatic rings. The van der Waals surface area contributed by atoms with Gasteiger partial charge in [-0.2, -0.15) is 13.2 Å². The van der Waals surface area contributed by atoms with Crippen LogP contribution in [0.4, 0.5) is 18.9 Å². The minimum Gasteiger partial charge on any atom is -0.478 e. The Labute approximate surface area is 128 Å². The molecule has 0 unspecified atom stereocenters. The van der Waals surface area contributed by atoms with Gasteiger partial charge in [0, 0.05) is 12.8 Å². The molecule has 0 bridgehead atoms. The van der Waals surface area contributed by atoms with Crippen LogP contribution in [0, 0.1) is 0 Å². The Bertz CT molecular complexity index is 549. The summed E-state index contributed by atoms with van der Waals surface area (Å²) in [5.41, 5.74) is 0.679. The topological polar surface area (TPSA) is 75.6 Å². The molecule has 122 valence electrons. The van der Waals surface area contributed by atoms with Crippen LogP contribution >= 0.6 is 11.8 Å². The number of carboxylic acid groups (broad SMARTS) is 1. The van der Waals surface area contributed by atoms with E-state index in [-0.39, 0.29) is 23.6 Å². The zero-order valence-corrected chi connectivity index (χ0v) is 12.4. The van der Waals surface area contributed by atoms with E-state index in [1.807, 2.05) is 0 Å². The fourth-order valence-corrected chi connectivity index (χ4v) is 2.19. The number of carboxylic acids is 1. The normalized spacial score (nSPS) is 11.3. The van der Waals surface area contributed by atoms with Crippen LogP contribution in [0.2, 0.25) is 0 Å². The molecule has 5 nitrogen and oxygen atoms in total. The van der Waals surface area contributed by atoms with E-state index in [1.54, 1.807) is 0 Å². The molecule has 2 N–H and O–H groups in total. The highest BCUT2D eigenvalue weighted by atomic mass is 32.2. The molecule has 0 saturated carbocycles. The van der Waals surface area contributed by atoms with Crippen molar-refractivity contribution in [2.24, 2.45) is 0 Å². The zero-order valence-electron chi connectivity index (χ0n) is 11.6. The van der Waals surface area contributed by atoms with Gasteiger partial charge in [-0.3, -0.25) is 4.79 Å². The lowest BCUT2D eigenvalue weighted by molar-refractivity contribution is -0.113. The summed E-state index contributed by atoms with van der Waals surface area (Å²) in [4.78, 5) is 22.6. The second-order valence-electron chi connectivity index (χ2n) is 4.31. The Hall–Kier alpha value is -1.74. The lowest BCUT2D eigenvalue weighted by atomic mass is 10.1. The Morgan fingerprint density at radius 2 is 2.00 bits per heavy atom. The molecule has 0 saturated heterocycles. The predicted octanol–water partition coefficient (Wildman–Crippen LogP) is 2.77. The predicted molar refractivity (Wildman–Crippen MR) is 76.1 cm³/mol. The van der Waals surface area contributed by atoms with Gasteiger partial charge in [0.25, 0.3) is 0 Å². The quantitative estimate of drug-likeness (QED) is 0.800. The molecular formula is C13H14F3NO4S. The summed E-state index contributed by atoms with van der Waals surface area (Å²) in [5, 5.41) is 11.4. The molecule has 1 rings (SSSR count). The van der Waals surface area contributed by atoms with Crippen LogP contribution in [0.25, 0.3) is 0 Å². The van der Waals surface area contributed by atoms with Crippen molar-refractivity contribution in [1.82, 2.24) is 0 Å². The highest BCUT2D eigenvalue weighted by Gasteiger charge is 2.27. The van der Waals surface area contributed by atoms with E-state index in [1.165, 1.54) is 25.3 Å². The van der Waals surface area contributed by atoms with Crippen molar-refractivity contribution in [2.45, 2.75) is 12.8 Å². The SMILES string of the molecule is COCc1cc(NC(=O)CSCC(F)(F)F)cc(C(=O)O)c1. The first-order valence-corrected chi connectivity index (χ1v) is 7.17. The highest BCUT2D eigenvalue weighted by molar-refractivity contribution is 8.00. The monoisotopic (exact) mass is 337 g/mol. The largest absolute Gasteiger partial charge is 0.478 e. The van der Waals surface area contributed by atoms with Crippen molar-refractivity contribution in [1.29, 1.82) is 0 Å². The number of carbonyl (C=O) groups excluding carboxylic acids is 1. The Morgan fingerprint density at radius 1 is 1.32 bits per heavy atom. The van der Waals surface area contributed by atoms with Crippen LogP contribution in [0.5, 0.6) is 0 Å². The number of carbonyl (C=O) groups is 2. The number of alkyl halides is 3. The van der Waals surface area contributed by atoms with Crippen LogP contribution in [0.3, 0.4) is 0 Å². The van der Waals surface area contributed by atoms with Crippen molar-refractivity contribution < 1.29 is 32.6 Å². The van der Waals surface area contributed by atoms with Crippen LogP contribution in [0.1, 0.15) is 15.9 Å². The fourth-order valence-electron chi connectivity index (χ4n) is 1.59. The number of ether oxygens (including phenoxy) is 1. The first kappa shape index (κ1) is 18.3. The lowest BCUT2D eigenvalue weighted by Gasteiger charge is -2.10. The van der Waals surface area contributed by atoms with Crippen LogP contribution in [-0.4, -0.2) is 41.8 Å². The Kier molecular flexibility index (Phi) is 6.69. The summed E-state index contributed by atoms with van der Waals surface area (Å²) < 4.78 is 40.8. The second-order valence-corrected chi connectivity index (χ2v) is 5.30. The smallest absolute Gasteiger partial charge is 0.397 e. The molecule has 0 heterocycles. The maximum atomic E-state index is 12.0. The molecule has 0 aliphatic carbocycles. The van der Waals surface area contributed by atoms with Crippen molar-refractivity contribution in [3.63, 3.8) is 0 Å². The number of amides is 1. The number of nitrogens with one attached hydrogen (secondary N) is 1. The van der Waals surface area contributed by atoms with Gasteiger partial charge in [-0.1, -0.05) is 0 Å². The molecule has 0 aliphatic heterocycles. The van der Waals surface area contributed by atoms with Crippen molar-refractivity contribution in [3.8, 4) is 0 Å². The van der Waals surface area contributed by atoms with Crippen LogP contribution in [-0.2, 0) is 16.1 Å². The third-order valence-corrected chi connectivity index (χ3v) is 3.33. The number of halogens is 3. The van der Waals surface area contributed by atoms with Gasteiger partial charge in [0.05, 0.1) is 23.7 Å². The van der Waals surface area contributed by atoms with E-state index in [9.17, 15) is 22.8 Å². The summed E-state index contributed by atoms with van der Waals surface area (Å²) >= 11 is 0.434. The second kappa shape index (κ2) is 8.04. The fraction of sp³-hybridized carbons (Fsp3) is 0.385. The lowest BCUT2D eigenvalue weighted by Crippen LogP contribution is -2.18. The zero-order chi connectivity index (χ0) is 16.8. The number of anilines is 1. The first-order valence-electron chi connectivity index (χ1n) is 6.02. The van der Waals surface area contributed by atoms with Crippen molar-refractivity contribution in [3.05, 3.63) is 29.3 Å². The Balaban J connectivity index is 2.71. The van der Waals surface area contributed by atoms with E-state index in [0.717, 1.165) is 0 Å². The van der Waals surface area contributed by atoms with Gasteiger partial charge in [-0.15, -0.1) is 11.8 Å². The maximum absolute atomic E-state index is 12.0. The van der Waals surface area contributed by atoms with Gasteiger partial charge in [0.1, 0.15) is 0 Å². The summed E-state index contributed by atoms with van der Waals surface area (Å²) in [6, 6.07) is 4.12. The standard InChI is InChI=1S/C13H14F3NO4S/c1-21-5-8-2-9(12(19)20)4-10(3-8)17-11(18)6-22-7-13(14,15)16/h2-4H,5-7H2,1H3,(H,17,18)(H,19,20). The first-order chi connectivity index (χ1) is 10.2. The number of hydrogen-bond acceptors (Lipinski definition) is 4. The molecule has 0 fully saturated rings. The molecule has 1 aromatic rings. The van der Waals surface area contributed by atoms with E-state index in [0.29, 0.717) is 17.3 Å². The number of rotatable bonds is 7. The molecule has 0 spiro atoms. The van der Waals surface area contributed by atoms with Gasteiger partial charge in [0.15, 0.2) is 0 Å². The van der Waals surface area contributed by atoms with Gasteiger partial charge in [-0.05, 0) is 23.8 Å². The van der Waals surface area contributed by atoms with Crippen molar-refractivity contribution >= 4 is 29.3 Å². The summed E-state index contributed by atoms with van der Waals surface area (Å²) in [6.07, 6.45) is -4.33. The number of aromatic carboxylic acids is 1. The van der Waals surface area contributed by atoms with E-state index < -0.39 is 23.8 Å². The molecule has 0 aromatic heterocycles. The van der Waals surface area contributed by atoms with Gasteiger partial charge in [0.2, 0.25) is 5.91 Å². The minimum atomic E-state index is -4.33. The maximum Gasteiger partial charge on any atom is 0.397 e. The number of benzene rings is 1. The molecular weight excluding hydrogens is 323 g/mol. The van der Waals surface area contributed by atoms with Gasteiger partial charge >= 0.3 is 12.1 Å². The number of thioether (sulfide) groups is 1. The van der Waals surface area contributed by atoms with E-state index in [2.05, 4.69) is 5.32 Å². The molecule has 22 heavy (non-hydrogen) atoms. The summed E-state index contributed by atoms with van der Waals surface area (Å²) in [7, 11) is 1.43. The molecule has 9 heteroatoms. The number of methoxy groups -OCH3 is 1. The van der Waals surface area contributed by atoms with Gasteiger partial charge < -0.3 is 15.2 Å². The molecule has 0 atom stereocenters. The van der Waals surface area contributed by atoms with E-state index in [4.69, 9.17) is 9.84 Å². The van der Waals surface area contributed by atoms with Crippen LogP contribution in [0.15, 0.2) is 18.2 Å². The third kappa shape index (κ3) is 6.81. The average molecular weight is 337 g/mol. The minimum absolute atomic E-state index is 0.0483. The molecule has 1 amide bonds. The van der Waals surface area contributed by atoms with E-state index >= 15 is 0 Å². The Morgan fingerprint density at radius 3 is 2.55 bits per heavy atom. The van der Waals surface area contributed by atoms with Crippen LogP contribution < -0.4 is 5.32 Å². The average Bonchev–Trinajstić information content (AvgIpc) is 2.37. The summed E-state index contributed by atoms with van der Waals surface area (Å²) in [5.74, 6) is -3.32. The van der Waals surface area contributed by atoms with Crippen molar-refractivity contribution in [2.75, 3.05) is 23.9 Å². The number of hydrogen-bond donors (Lipinski definition) is 2. The van der Waals surface area contributed by atoms with Gasteiger partial charge in [-0.25, -0.2) is 4.79 Å². The molecule has 0 radical (unpaired) electrons. The molecule has 1 aromatic carbocycles. The third-order valence-electron chi connectivity index (χ3n) is 2.33. The highest BCUT2D eigenvalue weighted by Crippen LogP contribution is 2.21.